The fraction of sp³-hybridized carbons (Fsp3) is 0.298. The van der Waals surface area contributed by atoms with Gasteiger partial charge in [-0.3, -0.25) is 29.4 Å². The van der Waals surface area contributed by atoms with E-state index in [1.54, 1.807) is 6.07 Å². The average Bonchev–Trinajstić information content (AvgIpc) is 3.32. The summed E-state index contributed by atoms with van der Waals surface area (Å²) in [6.07, 6.45) is 1.33. The van der Waals surface area contributed by atoms with E-state index in [1.807, 2.05) is 72.8 Å². The molecule has 2 fully saturated rings. The van der Waals surface area contributed by atoms with E-state index in [1.165, 1.54) is 35.8 Å². The minimum Gasteiger partial charge on any atom is -0.379 e. The third kappa shape index (κ3) is 12.1. The van der Waals surface area contributed by atoms with Crippen LogP contribution in [0.5, 0.6) is 0 Å². The molecule has 0 radical (unpaired) electrons. The highest BCUT2D eigenvalue weighted by molar-refractivity contribution is 7.99. The molecule has 8 rings (SSSR count). The van der Waals surface area contributed by atoms with Crippen LogP contribution in [0.2, 0.25) is 5.02 Å². The number of fused-ring (bicyclic) bond motifs is 1. The van der Waals surface area contributed by atoms with Gasteiger partial charge in [-0.25, -0.2) is 18.4 Å². The third-order valence-electron chi connectivity index (χ3n) is 11.5. The molecule has 5 aromatic carbocycles. The summed E-state index contributed by atoms with van der Waals surface area (Å²) >= 11 is 7.94. The van der Waals surface area contributed by atoms with E-state index in [0.717, 1.165) is 73.6 Å². The molecule has 6 aromatic rings. The number of carbonyl (C=O) groups excluding carboxylic acids is 1. The Bertz CT molecular complexity index is 2710. The maximum absolute atomic E-state index is 13.9. The Kier molecular flexibility index (Phi) is 15.1. The molecule has 2 aliphatic heterocycles. The summed E-state index contributed by atoms with van der Waals surface area (Å²) in [6, 6.07) is 34.8. The highest BCUT2D eigenvalue weighted by Gasteiger charge is 2.26. The lowest BCUT2D eigenvalue weighted by Gasteiger charge is -2.36. The van der Waals surface area contributed by atoms with Gasteiger partial charge >= 0.3 is 0 Å². The third-order valence-corrected chi connectivity index (χ3v) is 14.2. The van der Waals surface area contributed by atoms with Gasteiger partial charge in [0.2, 0.25) is 5.91 Å². The summed E-state index contributed by atoms with van der Waals surface area (Å²) < 4.78 is 35.7. The molecule has 338 valence electrons. The van der Waals surface area contributed by atoms with Crippen LogP contribution in [0.1, 0.15) is 12.0 Å². The highest BCUT2D eigenvalue weighted by Crippen LogP contribution is 2.33. The van der Waals surface area contributed by atoms with Crippen LogP contribution in [0.3, 0.4) is 0 Å². The lowest BCUT2D eigenvalue weighted by Crippen LogP contribution is -2.46. The maximum atomic E-state index is 13.9. The zero-order valence-electron chi connectivity index (χ0n) is 35.6. The Morgan fingerprint density at radius 1 is 0.862 bits per heavy atom. The van der Waals surface area contributed by atoms with Crippen molar-refractivity contribution in [3.05, 3.63) is 142 Å². The summed E-state index contributed by atoms with van der Waals surface area (Å²) in [5, 5.41) is 19.8. The number of ether oxygens (including phenoxy) is 1. The molecule has 2 aliphatic rings. The second-order valence-electron chi connectivity index (χ2n) is 15.9. The Hall–Kier alpha value is -5.82. The first-order chi connectivity index (χ1) is 31.6. The van der Waals surface area contributed by atoms with Gasteiger partial charge in [0.25, 0.3) is 15.7 Å². The second kappa shape index (κ2) is 21.4. The van der Waals surface area contributed by atoms with Crippen LogP contribution in [-0.2, 0) is 26.1 Å². The normalized spacial score (nSPS) is 15.4. The topological polar surface area (TPSA) is 175 Å². The number of rotatable bonds is 18. The monoisotopic (exact) mass is 935 g/mol. The first-order valence-corrected chi connectivity index (χ1v) is 24.3. The first-order valence-electron chi connectivity index (χ1n) is 21.5. The number of thioether (sulfide) groups is 1. The van der Waals surface area contributed by atoms with Crippen LogP contribution in [0.4, 0.5) is 22.9 Å². The van der Waals surface area contributed by atoms with Gasteiger partial charge in [0.15, 0.2) is 5.82 Å². The number of carbonyl (C=O) groups is 1. The van der Waals surface area contributed by atoms with E-state index >= 15 is 0 Å². The molecule has 1 amide bonds. The van der Waals surface area contributed by atoms with E-state index in [9.17, 15) is 23.3 Å². The van der Waals surface area contributed by atoms with Crippen LogP contribution >= 0.6 is 23.4 Å². The van der Waals surface area contributed by atoms with Crippen molar-refractivity contribution in [1.82, 2.24) is 25.1 Å². The number of nitro groups is 1. The number of hydrogen-bond acceptors (Lipinski definition) is 13. The SMILES string of the molecule is O=C(C[C@H](CSc1ccccc1)Nc1ccc(S(=O)(=O)Nc2ncnc3cc(N4CCN(Cc5cc(Cl)ccc5-c5ccccc5)CC4)ccc23)cc1[N+](=O)[O-])NCCN1CCOCC1. The molecule has 0 bridgehead atoms. The number of benzene rings is 5. The van der Waals surface area contributed by atoms with Gasteiger partial charge in [0.1, 0.15) is 12.0 Å². The molecule has 15 nitrogen and oxygen atoms in total. The minimum atomic E-state index is -4.35. The van der Waals surface area contributed by atoms with Gasteiger partial charge in [-0.05, 0) is 71.3 Å². The number of aromatic nitrogens is 2. The lowest BCUT2D eigenvalue weighted by molar-refractivity contribution is -0.384. The van der Waals surface area contributed by atoms with E-state index in [4.69, 9.17) is 16.3 Å². The van der Waals surface area contributed by atoms with E-state index in [0.29, 0.717) is 48.0 Å². The van der Waals surface area contributed by atoms with Crippen molar-refractivity contribution in [3.8, 4) is 11.1 Å². The number of hydrogen-bond donors (Lipinski definition) is 3. The number of nitrogens with one attached hydrogen (secondary N) is 3. The van der Waals surface area contributed by atoms with Crippen LogP contribution in [0.15, 0.2) is 131 Å². The molecular formula is C47H50ClN9O6S2. The molecular weight excluding hydrogens is 886 g/mol. The number of nitro benzene ring substituents is 1. The van der Waals surface area contributed by atoms with Gasteiger partial charge in [-0.15, -0.1) is 11.8 Å². The zero-order valence-corrected chi connectivity index (χ0v) is 38.0. The molecule has 1 atom stereocenters. The molecule has 2 saturated heterocycles. The number of morpholine rings is 1. The maximum Gasteiger partial charge on any atom is 0.293 e. The number of piperazine rings is 1. The summed E-state index contributed by atoms with van der Waals surface area (Å²) in [7, 11) is -4.35. The predicted octanol–water partition coefficient (Wildman–Crippen LogP) is 7.39. The van der Waals surface area contributed by atoms with E-state index in [2.05, 4.69) is 58.2 Å². The Morgan fingerprint density at radius 2 is 1.62 bits per heavy atom. The van der Waals surface area contributed by atoms with Gasteiger partial charge in [0, 0.05) is 104 Å². The molecule has 0 spiro atoms. The van der Waals surface area contributed by atoms with Gasteiger partial charge in [-0.2, -0.15) is 0 Å². The highest BCUT2D eigenvalue weighted by atomic mass is 35.5. The standard InChI is InChI=1S/C47H50ClN9O6S2/c48-36-11-14-41(34-7-3-1-4-8-34)35(27-36)31-55-19-21-56(22-20-55)38-12-15-42-44(29-38)50-33-51-47(42)53-65(61,62)40-13-16-43(45(30-40)57(59)60)52-37(32-64-39-9-5-2-6-10-39)28-46(58)49-17-18-54-23-25-63-26-24-54/h1-16,27,29-30,33,37,52H,17-26,28,31-32H2,(H,49,58)(H,50,51,53)/t37-/m1/s1. The van der Waals surface area contributed by atoms with Crippen molar-refractivity contribution >= 4 is 73.1 Å². The number of sulfonamides is 1. The fourth-order valence-corrected chi connectivity index (χ4v) is 10.2. The lowest BCUT2D eigenvalue weighted by atomic mass is 9.99. The molecule has 1 aromatic heterocycles. The van der Waals surface area contributed by atoms with Gasteiger partial charge in [0.05, 0.1) is 28.5 Å². The van der Waals surface area contributed by atoms with Crippen molar-refractivity contribution in [3.63, 3.8) is 0 Å². The fourth-order valence-electron chi connectivity index (χ4n) is 8.02. The summed E-state index contributed by atoms with van der Waals surface area (Å²) in [5.41, 5.74) is 4.62. The van der Waals surface area contributed by atoms with Gasteiger partial charge < -0.3 is 20.3 Å². The van der Waals surface area contributed by atoms with Crippen molar-refractivity contribution in [2.75, 3.05) is 86.3 Å². The molecule has 18 heteroatoms. The van der Waals surface area contributed by atoms with Crippen molar-refractivity contribution < 1.29 is 22.9 Å². The molecule has 3 heterocycles. The van der Waals surface area contributed by atoms with E-state index < -0.39 is 26.7 Å². The Balaban J connectivity index is 0.926. The molecule has 0 unspecified atom stereocenters. The van der Waals surface area contributed by atoms with Crippen LogP contribution < -0.4 is 20.3 Å². The van der Waals surface area contributed by atoms with Crippen molar-refractivity contribution in [1.29, 1.82) is 0 Å². The average molecular weight is 937 g/mol. The van der Waals surface area contributed by atoms with Crippen LogP contribution in [0, 0.1) is 10.1 Å². The predicted molar refractivity (Wildman–Crippen MR) is 257 cm³/mol. The number of nitrogens with zero attached hydrogens (tertiary/aromatic N) is 6. The van der Waals surface area contributed by atoms with E-state index in [-0.39, 0.29) is 28.7 Å². The van der Waals surface area contributed by atoms with Crippen molar-refractivity contribution in [2.24, 2.45) is 0 Å². The molecule has 3 N–H and O–H groups in total. The Labute approximate surface area is 387 Å². The summed E-state index contributed by atoms with van der Waals surface area (Å²) in [5.74, 6) is 0.257. The zero-order chi connectivity index (χ0) is 45.2. The minimum absolute atomic E-state index is 0.0420. The summed E-state index contributed by atoms with van der Waals surface area (Å²) in [6.45, 7) is 8.04. The molecule has 65 heavy (non-hydrogen) atoms. The quantitative estimate of drug-likeness (QED) is 0.0443. The smallest absolute Gasteiger partial charge is 0.293 e. The first kappa shape index (κ1) is 45.7. The number of halogens is 1. The molecule has 0 saturated carbocycles. The molecule has 0 aliphatic carbocycles. The van der Waals surface area contributed by atoms with Crippen LogP contribution in [0.25, 0.3) is 22.0 Å². The number of amides is 1. The van der Waals surface area contributed by atoms with Crippen molar-refractivity contribution in [2.45, 2.75) is 28.8 Å². The Morgan fingerprint density at radius 3 is 2.37 bits per heavy atom. The number of anilines is 3. The van der Waals surface area contributed by atoms with Gasteiger partial charge in [-0.1, -0.05) is 66.2 Å². The summed E-state index contributed by atoms with van der Waals surface area (Å²) in [4.78, 5) is 41.3. The largest absolute Gasteiger partial charge is 0.379 e. The van der Waals surface area contributed by atoms with Crippen LogP contribution in [-0.4, -0.2) is 116 Å². The second-order valence-corrected chi connectivity index (χ2v) is 19.1.